The third-order valence-corrected chi connectivity index (χ3v) is 5.03. The third-order valence-electron chi connectivity index (χ3n) is 5.03. The predicted molar refractivity (Wildman–Crippen MR) is 122 cm³/mol. The molecule has 162 valence electrons. The second kappa shape index (κ2) is 11.8. The van der Waals surface area contributed by atoms with Gasteiger partial charge >= 0.3 is 0 Å². The van der Waals surface area contributed by atoms with Gasteiger partial charge in [-0.1, -0.05) is 60.7 Å². The van der Waals surface area contributed by atoms with Crippen LogP contribution in [-0.2, 0) is 17.9 Å². The minimum absolute atomic E-state index is 0.0522. The van der Waals surface area contributed by atoms with Crippen LogP contribution < -0.4 is 20.1 Å². The highest BCUT2D eigenvalue weighted by atomic mass is 16.5. The van der Waals surface area contributed by atoms with Crippen molar-refractivity contribution in [3.8, 4) is 11.5 Å². The number of ether oxygens (including phenoxy) is 2. The molecule has 3 rings (SSSR count). The average Bonchev–Trinajstić information content (AvgIpc) is 2.82. The molecule has 0 radical (unpaired) electrons. The van der Waals surface area contributed by atoms with Gasteiger partial charge in [0, 0.05) is 17.7 Å². The highest BCUT2D eigenvalue weighted by Gasteiger charge is 2.12. The van der Waals surface area contributed by atoms with Gasteiger partial charge in [-0.15, -0.1) is 0 Å². The molecule has 1 atom stereocenters. The van der Waals surface area contributed by atoms with Crippen LogP contribution in [0.2, 0.25) is 0 Å². The molecular weight excluding hydrogens is 388 g/mol. The highest BCUT2D eigenvalue weighted by molar-refractivity contribution is 5.77. The summed E-state index contributed by atoms with van der Waals surface area (Å²) in [4.78, 5) is 12.2. The molecule has 0 spiro atoms. The standard InChI is InChI=1S/C26H30N2O3/c1-3-30-25-16-22(18-27-20(2)23-12-8-5-9-13-23)14-15-24(25)31-19-26(29)28-17-21-10-6-4-7-11-21/h4-16,20,27H,3,17-19H2,1-2H3,(H,28,29)/p+1/t20-/m1/s1. The van der Waals surface area contributed by atoms with E-state index < -0.39 is 0 Å². The van der Waals surface area contributed by atoms with Gasteiger partial charge in [0.2, 0.25) is 0 Å². The van der Waals surface area contributed by atoms with E-state index in [1.807, 2.05) is 61.5 Å². The Hall–Kier alpha value is -3.31. The van der Waals surface area contributed by atoms with Gasteiger partial charge in [-0.25, -0.2) is 0 Å². The number of nitrogens with two attached hydrogens (primary N) is 1. The Morgan fingerprint density at radius 3 is 2.32 bits per heavy atom. The topological polar surface area (TPSA) is 64.2 Å². The Labute approximate surface area is 184 Å². The van der Waals surface area contributed by atoms with E-state index >= 15 is 0 Å². The van der Waals surface area contributed by atoms with Crippen LogP contribution in [0.1, 0.15) is 36.6 Å². The van der Waals surface area contributed by atoms with Crippen molar-refractivity contribution in [2.75, 3.05) is 13.2 Å². The molecule has 0 aliphatic carbocycles. The summed E-state index contributed by atoms with van der Waals surface area (Å²) < 4.78 is 11.5. The minimum Gasteiger partial charge on any atom is -0.490 e. The van der Waals surface area contributed by atoms with Gasteiger partial charge in [0.15, 0.2) is 18.1 Å². The first kappa shape index (κ1) is 22.4. The first-order valence-corrected chi connectivity index (χ1v) is 10.7. The van der Waals surface area contributed by atoms with E-state index in [0.717, 1.165) is 17.7 Å². The van der Waals surface area contributed by atoms with Crippen LogP contribution in [0.25, 0.3) is 0 Å². The fourth-order valence-corrected chi connectivity index (χ4v) is 3.26. The van der Waals surface area contributed by atoms with E-state index in [9.17, 15) is 4.79 Å². The van der Waals surface area contributed by atoms with Gasteiger partial charge in [-0.05, 0) is 37.6 Å². The van der Waals surface area contributed by atoms with Gasteiger partial charge in [-0.3, -0.25) is 4.79 Å². The van der Waals surface area contributed by atoms with Gasteiger partial charge in [0.1, 0.15) is 12.6 Å². The Kier molecular flexibility index (Phi) is 8.49. The quantitative estimate of drug-likeness (QED) is 0.499. The number of hydrogen-bond acceptors (Lipinski definition) is 3. The molecule has 0 aliphatic rings. The van der Waals surface area contributed by atoms with Crippen LogP contribution in [0.15, 0.2) is 78.9 Å². The number of hydrogen-bond donors (Lipinski definition) is 2. The zero-order valence-corrected chi connectivity index (χ0v) is 18.2. The van der Waals surface area contributed by atoms with Crippen LogP contribution in [0.4, 0.5) is 0 Å². The summed E-state index contributed by atoms with van der Waals surface area (Å²) in [7, 11) is 0. The molecule has 0 aliphatic heterocycles. The average molecular weight is 420 g/mol. The molecule has 0 aromatic heterocycles. The predicted octanol–water partition coefficient (Wildman–Crippen LogP) is 3.61. The van der Waals surface area contributed by atoms with E-state index in [1.54, 1.807) is 0 Å². The SMILES string of the molecule is CCOc1cc(C[NH2+][C@H](C)c2ccccc2)ccc1OCC(=O)NCc1ccccc1. The lowest BCUT2D eigenvalue weighted by Crippen LogP contribution is -2.83. The number of carbonyl (C=O) groups is 1. The third kappa shape index (κ3) is 7.15. The Morgan fingerprint density at radius 2 is 1.61 bits per heavy atom. The Morgan fingerprint density at radius 1 is 0.903 bits per heavy atom. The molecule has 0 bridgehead atoms. The van der Waals surface area contributed by atoms with E-state index in [2.05, 4.69) is 41.8 Å². The van der Waals surface area contributed by atoms with Gasteiger partial charge in [0.05, 0.1) is 6.61 Å². The Bertz CT molecular complexity index is 945. The van der Waals surface area contributed by atoms with Crippen molar-refractivity contribution in [1.29, 1.82) is 0 Å². The van der Waals surface area contributed by atoms with E-state index in [1.165, 1.54) is 5.56 Å². The molecule has 0 heterocycles. The van der Waals surface area contributed by atoms with Crippen molar-refractivity contribution >= 4 is 5.91 Å². The molecule has 0 saturated heterocycles. The van der Waals surface area contributed by atoms with E-state index in [-0.39, 0.29) is 12.5 Å². The number of quaternary nitrogens is 1. The lowest BCUT2D eigenvalue weighted by Gasteiger charge is -2.15. The first-order chi connectivity index (χ1) is 15.2. The maximum absolute atomic E-state index is 12.2. The van der Waals surface area contributed by atoms with Crippen LogP contribution in [-0.4, -0.2) is 19.1 Å². The molecule has 31 heavy (non-hydrogen) atoms. The summed E-state index contributed by atoms with van der Waals surface area (Å²) in [5.41, 5.74) is 3.50. The summed E-state index contributed by atoms with van der Waals surface area (Å²) in [6.07, 6.45) is 0. The van der Waals surface area contributed by atoms with Crippen molar-refractivity contribution in [1.82, 2.24) is 5.32 Å². The zero-order chi connectivity index (χ0) is 21.9. The van der Waals surface area contributed by atoms with Gasteiger partial charge < -0.3 is 20.1 Å². The summed E-state index contributed by atoms with van der Waals surface area (Å²) >= 11 is 0. The number of amides is 1. The van der Waals surface area contributed by atoms with Crippen molar-refractivity contribution in [2.45, 2.75) is 33.0 Å². The summed E-state index contributed by atoms with van der Waals surface area (Å²) in [6, 6.07) is 26.5. The van der Waals surface area contributed by atoms with Gasteiger partial charge in [0.25, 0.3) is 5.91 Å². The van der Waals surface area contributed by atoms with E-state index in [4.69, 9.17) is 9.47 Å². The van der Waals surface area contributed by atoms with Crippen LogP contribution >= 0.6 is 0 Å². The lowest BCUT2D eigenvalue weighted by molar-refractivity contribution is -0.707. The smallest absolute Gasteiger partial charge is 0.258 e. The van der Waals surface area contributed by atoms with Crippen LogP contribution in [0, 0.1) is 0 Å². The number of carbonyl (C=O) groups excluding carboxylic acids is 1. The fraction of sp³-hybridized carbons (Fsp3) is 0.269. The van der Waals surface area contributed by atoms with Gasteiger partial charge in [-0.2, -0.15) is 0 Å². The summed E-state index contributed by atoms with van der Waals surface area (Å²) in [6.45, 7) is 5.92. The monoisotopic (exact) mass is 419 g/mol. The zero-order valence-electron chi connectivity index (χ0n) is 18.2. The highest BCUT2D eigenvalue weighted by Crippen LogP contribution is 2.28. The fourth-order valence-electron chi connectivity index (χ4n) is 3.26. The molecule has 3 aromatic carbocycles. The molecule has 5 heteroatoms. The number of nitrogens with one attached hydrogen (secondary N) is 1. The lowest BCUT2D eigenvalue weighted by atomic mass is 10.1. The second-order valence-corrected chi connectivity index (χ2v) is 7.40. The molecule has 0 fully saturated rings. The largest absolute Gasteiger partial charge is 0.490 e. The van der Waals surface area contributed by atoms with Crippen LogP contribution in [0.5, 0.6) is 11.5 Å². The molecule has 3 N–H and O–H groups in total. The van der Waals surface area contributed by atoms with Crippen molar-refractivity contribution in [3.63, 3.8) is 0 Å². The minimum atomic E-state index is -0.166. The maximum atomic E-state index is 12.2. The molecule has 0 unspecified atom stereocenters. The maximum Gasteiger partial charge on any atom is 0.258 e. The van der Waals surface area contributed by atoms with Crippen molar-refractivity contribution in [3.05, 3.63) is 95.6 Å². The first-order valence-electron chi connectivity index (χ1n) is 10.7. The van der Waals surface area contributed by atoms with Crippen molar-refractivity contribution < 1.29 is 19.6 Å². The van der Waals surface area contributed by atoms with E-state index in [0.29, 0.717) is 30.7 Å². The Balaban J connectivity index is 1.53. The summed E-state index contributed by atoms with van der Waals surface area (Å²) in [5, 5.41) is 5.16. The van der Waals surface area contributed by atoms with Crippen LogP contribution in [0.3, 0.4) is 0 Å². The molecule has 3 aromatic rings. The second-order valence-electron chi connectivity index (χ2n) is 7.40. The van der Waals surface area contributed by atoms with Crippen molar-refractivity contribution in [2.24, 2.45) is 0 Å². The molecule has 1 amide bonds. The molecular formula is C26H31N2O3+. The molecule has 5 nitrogen and oxygen atoms in total. The summed E-state index contributed by atoms with van der Waals surface area (Å²) in [5.74, 6) is 1.08. The number of rotatable bonds is 11. The normalized spacial score (nSPS) is 11.5. The number of benzene rings is 3. The molecule has 0 saturated carbocycles.